The first-order chi connectivity index (χ1) is 5.91. The van der Waals surface area contributed by atoms with Gasteiger partial charge in [0.05, 0.1) is 0 Å². The van der Waals surface area contributed by atoms with Gasteiger partial charge in [-0.3, -0.25) is 4.79 Å². The van der Waals surface area contributed by atoms with Crippen molar-refractivity contribution in [3.63, 3.8) is 0 Å². The number of carbonyl (C=O) groups is 1. The second-order valence-corrected chi connectivity index (χ2v) is 1.49. The predicted molar refractivity (Wildman–Crippen MR) is 39.3 cm³/mol. The van der Waals surface area contributed by atoms with Crippen LogP contribution >= 0.6 is 0 Å². The average Bonchev–Trinajstić information content (AvgIpc) is 2.12. The lowest BCUT2D eigenvalue weighted by atomic mass is 10.1. The van der Waals surface area contributed by atoms with Crippen molar-refractivity contribution in [3.05, 3.63) is 12.7 Å². The molecule has 0 aromatic carbocycles. The maximum absolute atomic E-state index is 10.9. The van der Waals surface area contributed by atoms with Crippen LogP contribution in [0.25, 0.3) is 0 Å². The average molecular weight is 130 g/mol. The molecule has 1 nitrogen and oxygen atoms in total. The van der Waals surface area contributed by atoms with Gasteiger partial charge in [-0.25, -0.2) is 0 Å². The summed E-state index contributed by atoms with van der Waals surface area (Å²) < 4.78 is 29.2. The van der Waals surface area contributed by atoms with Crippen LogP contribution < -0.4 is 0 Å². The zero-order chi connectivity index (χ0) is 10.6. The van der Waals surface area contributed by atoms with Gasteiger partial charge in [-0.15, -0.1) is 0 Å². The highest BCUT2D eigenvalue weighted by Crippen LogP contribution is 1.99. The summed E-state index contributed by atoms with van der Waals surface area (Å²) in [5.41, 5.74) is 0. The number of hydrogen-bond acceptors (Lipinski definition) is 1. The monoisotopic (exact) mass is 130 g/mol. The minimum Gasteiger partial charge on any atom is -0.295 e. The molecule has 9 heavy (non-hydrogen) atoms. The minimum absolute atomic E-state index is 0.557. The molecule has 0 spiro atoms. The van der Waals surface area contributed by atoms with Crippen LogP contribution in [0.2, 0.25) is 0 Å². The van der Waals surface area contributed by atoms with E-state index in [9.17, 15) is 4.79 Å². The lowest BCUT2D eigenvalue weighted by molar-refractivity contribution is -0.114. The highest BCUT2D eigenvalue weighted by molar-refractivity contribution is 5.88. The summed E-state index contributed by atoms with van der Waals surface area (Å²) in [5, 5.41) is 0. The molecule has 0 aromatic rings. The molecular weight excluding hydrogens is 112 g/mol. The number of ketones is 1. The van der Waals surface area contributed by atoms with E-state index in [1.807, 2.05) is 0 Å². The van der Waals surface area contributed by atoms with Gasteiger partial charge in [0.2, 0.25) is 0 Å². The summed E-state index contributed by atoms with van der Waals surface area (Å²) in [6.07, 6.45) is -3.24. The van der Waals surface area contributed by atoms with Crippen molar-refractivity contribution in [1.82, 2.24) is 0 Å². The van der Waals surface area contributed by atoms with Gasteiger partial charge in [-0.05, 0) is 12.5 Å². The highest BCUT2D eigenvalue weighted by Gasteiger charge is 1.92. The zero-order valence-electron chi connectivity index (χ0n) is 9.50. The zero-order valence-corrected chi connectivity index (χ0v) is 5.50. The molecule has 0 aliphatic rings. The Hall–Kier alpha value is -0.590. The Bertz CT molecular complexity index is 193. The molecule has 0 rings (SSSR count). The van der Waals surface area contributed by atoms with Crippen LogP contribution in [0.15, 0.2) is 12.7 Å². The molecule has 0 aliphatic carbocycles. The molecule has 0 saturated carbocycles. The van der Waals surface area contributed by atoms with Gasteiger partial charge in [0, 0.05) is 11.9 Å². The van der Waals surface area contributed by atoms with Gasteiger partial charge in [0.15, 0.2) is 5.78 Å². The van der Waals surface area contributed by atoms with E-state index >= 15 is 0 Å². The van der Waals surface area contributed by atoms with Gasteiger partial charge in [-0.2, -0.15) is 0 Å². The number of allylic oxidation sites excluding steroid dienone is 1. The van der Waals surface area contributed by atoms with Crippen molar-refractivity contribution in [1.29, 1.82) is 0 Å². The summed E-state index contributed by atoms with van der Waals surface area (Å²) in [4.78, 5) is 10.9. The Morgan fingerprint density at radius 2 is 2.44 bits per heavy atom. The molecule has 0 amide bonds. The van der Waals surface area contributed by atoms with Crippen LogP contribution in [0.5, 0.6) is 0 Å². The lowest BCUT2D eigenvalue weighted by Gasteiger charge is -1.91. The molecule has 0 N–H and O–H groups in total. The van der Waals surface area contributed by atoms with Crippen molar-refractivity contribution in [3.8, 4) is 0 Å². The Morgan fingerprint density at radius 1 is 1.78 bits per heavy atom. The first-order valence-corrected chi connectivity index (χ1v) is 2.77. The van der Waals surface area contributed by atoms with Crippen molar-refractivity contribution in [2.24, 2.45) is 0 Å². The minimum atomic E-state index is -1.28. The number of rotatable bonds is 5. The van der Waals surface area contributed by atoms with E-state index < -0.39 is 31.4 Å². The molecular formula is C8H14O. The molecule has 1 heteroatoms. The molecule has 0 aliphatic heterocycles. The fraction of sp³-hybridized carbons (Fsp3) is 0.625. The van der Waals surface area contributed by atoms with Gasteiger partial charge in [0.25, 0.3) is 0 Å². The third-order valence-electron chi connectivity index (χ3n) is 0.765. The summed E-state index contributed by atoms with van der Waals surface area (Å²) in [6.45, 7) is 4.68. The molecule has 0 bridgehead atoms. The molecule has 0 radical (unpaired) electrons. The summed E-state index contributed by atoms with van der Waals surface area (Å²) >= 11 is 0. The Morgan fingerprint density at radius 3 is 2.89 bits per heavy atom. The Balaban J connectivity index is 4.32. The molecule has 0 fully saturated rings. The van der Waals surface area contributed by atoms with Gasteiger partial charge in [-0.1, -0.05) is 26.3 Å². The van der Waals surface area contributed by atoms with E-state index in [1.165, 1.54) is 6.92 Å². The predicted octanol–water partition coefficient (Wildman–Crippen LogP) is 2.32. The summed E-state index contributed by atoms with van der Waals surface area (Å²) in [5.74, 6) is -0.557. The first kappa shape index (κ1) is 3.55. The van der Waals surface area contributed by atoms with Gasteiger partial charge < -0.3 is 0 Å². The van der Waals surface area contributed by atoms with E-state index in [2.05, 4.69) is 6.58 Å². The molecule has 52 valence electrons. The fourth-order valence-corrected chi connectivity index (χ4v) is 0.330. The fourth-order valence-electron chi connectivity index (χ4n) is 0.330. The van der Waals surface area contributed by atoms with Crippen LogP contribution in [0, 0.1) is 0 Å². The maximum Gasteiger partial charge on any atom is 0.155 e. The topological polar surface area (TPSA) is 17.1 Å². The van der Waals surface area contributed by atoms with Crippen molar-refractivity contribution < 1.29 is 10.3 Å². The molecule has 0 aromatic heterocycles. The normalized spacial score (nSPS) is 29.4. The largest absolute Gasteiger partial charge is 0.295 e. The number of carbonyl (C=O) groups excluding carboxylic acids is 1. The third kappa shape index (κ3) is 5.28. The van der Waals surface area contributed by atoms with Crippen LogP contribution in [-0.2, 0) is 4.79 Å². The van der Waals surface area contributed by atoms with Crippen molar-refractivity contribution in [2.45, 2.75) is 32.5 Å². The van der Waals surface area contributed by atoms with E-state index in [0.717, 1.165) is 6.08 Å². The van der Waals surface area contributed by atoms with Crippen LogP contribution in [0.1, 0.15) is 38.0 Å². The smallest absolute Gasteiger partial charge is 0.155 e. The summed E-state index contributed by atoms with van der Waals surface area (Å²) in [6, 6.07) is 0. The van der Waals surface area contributed by atoms with Gasteiger partial charge in [0.1, 0.15) is 0 Å². The second-order valence-electron chi connectivity index (χ2n) is 1.49. The van der Waals surface area contributed by atoms with Crippen LogP contribution in [-0.4, -0.2) is 5.78 Å². The summed E-state index contributed by atoms with van der Waals surface area (Å²) in [7, 11) is 0. The highest BCUT2D eigenvalue weighted by atomic mass is 16.1. The molecule has 0 saturated heterocycles. The molecule has 4 atom stereocenters. The second kappa shape index (κ2) is 5.54. The van der Waals surface area contributed by atoms with Crippen molar-refractivity contribution >= 4 is 5.78 Å². The Kier molecular flexibility index (Phi) is 2.19. The quantitative estimate of drug-likeness (QED) is 0.522. The lowest BCUT2D eigenvalue weighted by Crippen LogP contribution is -1.90. The SMILES string of the molecule is [2H]C(C)C([2H])C([2H])C([2H])C(=O)C=C. The molecule has 4 unspecified atom stereocenters. The maximum atomic E-state index is 10.9. The van der Waals surface area contributed by atoms with Crippen molar-refractivity contribution in [2.75, 3.05) is 0 Å². The van der Waals surface area contributed by atoms with Gasteiger partial charge >= 0.3 is 0 Å². The Labute approximate surface area is 62.4 Å². The third-order valence-corrected chi connectivity index (χ3v) is 0.765. The van der Waals surface area contributed by atoms with Crippen LogP contribution in [0.4, 0.5) is 0 Å². The van der Waals surface area contributed by atoms with Crippen LogP contribution in [0.3, 0.4) is 0 Å². The van der Waals surface area contributed by atoms with E-state index in [0.29, 0.717) is 0 Å². The molecule has 0 heterocycles. The number of hydrogen-bond donors (Lipinski definition) is 0. The standard InChI is InChI=1S/C8H14O/c1-3-5-6-7-8(9)4-2/h4H,2-3,5-7H2,1H3/i3D,5D,6D,7D. The first-order valence-electron chi connectivity index (χ1n) is 5.08. The van der Waals surface area contributed by atoms with E-state index in [1.54, 1.807) is 0 Å². The van der Waals surface area contributed by atoms with E-state index in [-0.39, 0.29) is 0 Å². The van der Waals surface area contributed by atoms with E-state index in [4.69, 9.17) is 5.48 Å².